The van der Waals surface area contributed by atoms with Gasteiger partial charge in [0.25, 0.3) is 5.56 Å². The number of hydrogen-bond acceptors (Lipinski definition) is 5. The molecule has 0 aliphatic carbocycles. The van der Waals surface area contributed by atoms with Gasteiger partial charge in [0.05, 0.1) is 11.0 Å². The van der Waals surface area contributed by atoms with Crippen molar-refractivity contribution >= 4 is 16.9 Å². The van der Waals surface area contributed by atoms with Crippen LogP contribution < -0.4 is 10.9 Å². The summed E-state index contributed by atoms with van der Waals surface area (Å²) in [5.41, 5.74) is 1.54. The van der Waals surface area contributed by atoms with Crippen molar-refractivity contribution in [2.75, 3.05) is 6.54 Å². The minimum absolute atomic E-state index is 0.116. The number of benzene rings is 1. The van der Waals surface area contributed by atoms with Crippen LogP contribution in [0.3, 0.4) is 0 Å². The highest BCUT2D eigenvalue weighted by Crippen LogP contribution is 2.08. The van der Waals surface area contributed by atoms with Crippen LogP contribution in [-0.2, 0) is 17.6 Å². The molecule has 0 saturated carbocycles. The van der Waals surface area contributed by atoms with E-state index in [-0.39, 0.29) is 23.9 Å². The first-order chi connectivity index (χ1) is 12.5. The van der Waals surface area contributed by atoms with Crippen LogP contribution in [0.1, 0.15) is 37.8 Å². The molecule has 8 nitrogen and oxygen atoms in total. The second kappa shape index (κ2) is 7.90. The normalized spacial score (nSPS) is 11.2. The van der Waals surface area contributed by atoms with Crippen LogP contribution in [0.5, 0.6) is 0 Å². The molecule has 0 unspecified atom stereocenters. The number of amides is 1. The van der Waals surface area contributed by atoms with Crippen LogP contribution in [0.25, 0.3) is 11.0 Å². The number of nitrogens with zero attached hydrogens (tertiary/aromatic N) is 4. The largest absolute Gasteiger partial charge is 0.356 e. The van der Waals surface area contributed by atoms with Crippen molar-refractivity contribution in [3.8, 4) is 0 Å². The van der Waals surface area contributed by atoms with Crippen molar-refractivity contribution in [2.45, 2.75) is 39.2 Å². The van der Waals surface area contributed by atoms with Gasteiger partial charge in [0.2, 0.25) is 5.91 Å². The lowest BCUT2D eigenvalue weighted by molar-refractivity contribution is -0.121. The molecule has 0 spiro atoms. The molecule has 0 bridgehead atoms. The second-order valence-corrected chi connectivity index (χ2v) is 6.38. The number of hydrogen-bond donors (Lipinski definition) is 2. The standard InChI is InChI=1S/C18H22N6O2/c1-12(2)24-11-20-23-16(24)9-10-19-17(25)8-7-15-18(26)22-14-6-4-3-5-13(14)21-15/h3-6,11-12H,7-10H2,1-2H3,(H,19,25)(H,22,26). The van der Waals surface area contributed by atoms with E-state index in [4.69, 9.17) is 0 Å². The molecule has 3 rings (SSSR count). The number of aromatic amines is 1. The fourth-order valence-corrected chi connectivity index (χ4v) is 2.75. The molecule has 0 radical (unpaired) electrons. The van der Waals surface area contributed by atoms with Crippen LogP contribution in [-0.4, -0.2) is 37.2 Å². The SMILES string of the molecule is CC(C)n1cnnc1CCNC(=O)CCc1nc2ccccc2[nH]c1=O. The summed E-state index contributed by atoms with van der Waals surface area (Å²) in [6.45, 7) is 4.59. The smallest absolute Gasteiger partial charge is 0.270 e. The Labute approximate surface area is 150 Å². The maximum absolute atomic E-state index is 12.0. The van der Waals surface area contributed by atoms with Gasteiger partial charge in [-0.25, -0.2) is 4.98 Å². The van der Waals surface area contributed by atoms with Gasteiger partial charge < -0.3 is 14.9 Å². The van der Waals surface area contributed by atoms with Gasteiger partial charge in [0.1, 0.15) is 17.8 Å². The van der Waals surface area contributed by atoms with E-state index in [1.54, 1.807) is 12.4 Å². The number of aryl methyl sites for hydroxylation is 1. The maximum atomic E-state index is 12.0. The highest BCUT2D eigenvalue weighted by molar-refractivity contribution is 5.76. The van der Waals surface area contributed by atoms with E-state index in [9.17, 15) is 9.59 Å². The molecule has 0 atom stereocenters. The first kappa shape index (κ1) is 17.8. The molecule has 1 aromatic carbocycles. The first-order valence-electron chi connectivity index (χ1n) is 8.67. The Bertz CT molecular complexity index is 959. The van der Waals surface area contributed by atoms with Crippen LogP contribution in [0.4, 0.5) is 0 Å². The maximum Gasteiger partial charge on any atom is 0.270 e. The third kappa shape index (κ3) is 4.14. The Hall–Kier alpha value is -3.03. The number of aromatic nitrogens is 5. The summed E-state index contributed by atoms with van der Waals surface area (Å²) in [4.78, 5) is 31.2. The predicted octanol–water partition coefficient (Wildman–Crippen LogP) is 1.39. The molecule has 2 N–H and O–H groups in total. The monoisotopic (exact) mass is 354 g/mol. The highest BCUT2D eigenvalue weighted by atomic mass is 16.1. The van der Waals surface area contributed by atoms with Crippen LogP contribution in [0, 0.1) is 0 Å². The molecular formula is C18H22N6O2. The molecular weight excluding hydrogens is 332 g/mol. The fourth-order valence-electron chi connectivity index (χ4n) is 2.75. The third-order valence-electron chi connectivity index (χ3n) is 4.13. The van der Waals surface area contributed by atoms with Gasteiger partial charge in [-0.15, -0.1) is 10.2 Å². The van der Waals surface area contributed by atoms with E-state index < -0.39 is 0 Å². The van der Waals surface area contributed by atoms with E-state index in [1.165, 1.54) is 0 Å². The predicted molar refractivity (Wildman–Crippen MR) is 97.8 cm³/mol. The van der Waals surface area contributed by atoms with Crippen molar-refractivity contribution in [2.24, 2.45) is 0 Å². The van der Waals surface area contributed by atoms with Crippen LogP contribution >= 0.6 is 0 Å². The molecule has 26 heavy (non-hydrogen) atoms. The summed E-state index contributed by atoms with van der Waals surface area (Å²) in [6.07, 6.45) is 2.82. The summed E-state index contributed by atoms with van der Waals surface area (Å²) in [7, 11) is 0. The molecule has 0 fully saturated rings. The van der Waals surface area contributed by atoms with E-state index in [2.05, 4.69) is 39.3 Å². The molecule has 0 saturated heterocycles. The quantitative estimate of drug-likeness (QED) is 0.667. The lowest BCUT2D eigenvalue weighted by atomic mass is 10.2. The molecule has 3 aromatic rings. The van der Waals surface area contributed by atoms with E-state index in [0.29, 0.717) is 30.6 Å². The minimum Gasteiger partial charge on any atom is -0.356 e. The molecule has 2 heterocycles. The van der Waals surface area contributed by atoms with Gasteiger partial charge in [0.15, 0.2) is 0 Å². The topological polar surface area (TPSA) is 106 Å². The zero-order valence-corrected chi connectivity index (χ0v) is 14.9. The summed E-state index contributed by atoms with van der Waals surface area (Å²) in [5, 5.41) is 10.8. The Balaban J connectivity index is 1.52. The highest BCUT2D eigenvalue weighted by Gasteiger charge is 2.10. The van der Waals surface area contributed by atoms with Gasteiger partial charge in [-0.05, 0) is 26.0 Å². The summed E-state index contributed by atoms with van der Waals surface area (Å²) >= 11 is 0. The zero-order chi connectivity index (χ0) is 18.5. The van der Waals surface area contributed by atoms with E-state index >= 15 is 0 Å². The number of carbonyl (C=O) groups excluding carboxylic acids is 1. The minimum atomic E-state index is -0.249. The van der Waals surface area contributed by atoms with Crippen LogP contribution in [0.2, 0.25) is 0 Å². The van der Waals surface area contributed by atoms with E-state index in [1.807, 2.05) is 22.8 Å². The first-order valence-corrected chi connectivity index (χ1v) is 8.67. The lowest BCUT2D eigenvalue weighted by Gasteiger charge is -2.10. The van der Waals surface area contributed by atoms with Gasteiger partial charge >= 0.3 is 0 Å². The van der Waals surface area contributed by atoms with Gasteiger partial charge in [-0.3, -0.25) is 9.59 Å². The lowest BCUT2D eigenvalue weighted by Crippen LogP contribution is -2.27. The summed E-state index contributed by atoms with van der Waals surface area (Å²) in [5.74, 6) is 0.725. The van der Waals surface area contributed by atoms with Crippen molar-refractivity contribution in [1.29, 1.82) is 0 Å². The van der Waals surface area contributed by atoms with Crippen molar-refractivity contribution < 1.29 is 4.79 Å². The van der Waals surface area contributed by atoms with Gasteiger partial charge in [-0.2, -0.15) is 0 Å². The second-order valence-electron chi connectivity index (χ2n) is 6.38. The average molecular weight is 354 g/mol. The number of fused-ring (bicyclic) bond motifs is 1. The Morgan fingerprint density at radius 1 is 1.27 bits per heavy atom. The number of rotatable bonds is 7. The number of H-pyrrole nitrogens is 1. The van der Waals surface area contributed by atoms with Gasteiger partial charge in [0, 0.05) is 31.8 Å². The molecule has 2 aromatic heterocycles. The van der Waals surface area contributed by atoms with Crippen molar-refractivity contribution in [3.05, 3.63) is 52.5 Å². The molecule has 136 valence electrons. The summed E-state index contributed by atoms with van der Waals surface area (Å²) in [6, 6.07) is 7.62. The number of para-hydroxylation sites is 2. The van der Waals surface area contributed by atoms with Crippen LogP contribution in [0.15, 0.2) is 35.4 Å². The van der Waals surface area contributed by atoms with Gasteiger partial charge in [-0.1, -0.05) is 12.1 Å². The average Bonchev–Trinajstić information content (AvgIpc) is 3.08. The van der Waals surface area contributed by atoms with E-state index in [0.717, 1.165) is 11.3 Å². The molecule has 8 heteroatoms. The molecule has 0 aliphatic heterocycles. The summed E-state index contributed by atoms with van der Waals surface area (Å²) < 4.78 is 1.98. The van der Waals surface area contributed by atoms with Crippen molar-refractivity contribution in [3.63, 3.8) is 0 Å². The Morgan fingerprint density at radius 3 is 2.88 bits per heavy atom. The third-order valence-corrected chi connectivity index (χ3v) is 4.13. The zero-order valence-electron chi connectivity index (χ0n) is 14.9. The Kier molecular flexibility index (Phi) is 5.40. The fraction of sp³-hybridized carbons (Fsp3) is 0.389. The Morgan fingerprint density at radius 2 is 2.08 bits per heavy atom. The number of carbonyl (C=O) groups is 1. The molecule has 0 aliphatic rings. The molecule has 1 amide bonds. The van der Waals surface area contributed by atoms with Crippen molar-refractivity contribution in [1.82, 2.24) is 30.0 Å². The number of nitrogens with one attached hydrogen (secondary N) is 2.